The number of fused-ring (bicyclic) bond motifs is 1. The number of rotatable bonds is 6. The fourth-order valence-corrected chi connectivity index (χ4v) is 5.22. The van der Waals surface area contributed by atoms with Crippen LogP contribution in [0.2, 0.25) is 0 Å². The van der Waals surface area contributed by atoms with Crippen LogP contribution in [0.25, 0.3) is 16.9 Å². The van der Waals surface area contributed by atoms with Crippen LogP contribution < -0.4 is 10.2 Å². The van der Waals surface area contributed by atoms with Crippen molar-refractivity contribution in [3.63, 3.8) is 0 Å². The molecule has 10 nitrogen and oxygen atoms in total. The minimum Gasteiger partial charge on any atom is -0.381 e. The van der Waals surface area contributed by atoms with Crippen LogP contribution >= 0.6 is 0 Å². The second-order valence-electron chi connectivity index (χ2n) is 9.58. The standard InChI is InChI=1S/C25H29F2N7O3/c26-22(27)23-29-18-3-1-2-4-19(18)34(23)21-13-20(30-25(31-21)32-8-11-36-12-9-32)28-17-5-7-33(14-17)24(35)16-6-10-37-15-16/h1-4,13,16-17,22H,5-12,14-15H2,(H,28,30,31)/t16?,17-/m0/s1. The van der Waals surface area contributed by atoms with Gasteiger partial charge in [0.1, 0.15) is 11.6 Å². The van der Waals surface area contributed by atoms with Crippen LogP contribution in [-0.2, 0) is 14.3 Å². The van der Waals surface area contributed by atoms with Gasteiger partial charge >= 0.3 is 0 Å². The first-order valence-electron chi connectivity index (χ1n) is 12.7. The lowest BCUT2D eigenvalue weighted by Gasteiger charge is -2.28. The molecular weight excluding hydrogens is 484 g/mol. The fraction of sp³-hybridized carbons (Fsp3) is 0.520. The molecule has 0 saturated carbocycles. The molecule has 1 N–H and O–H groups in total. The summed E-state index contributed by atoms with van der Waals surface area (Å²) in [6.07, 6.45) is -1.25. The Kier molecular flexibility index (Phi) is 6.59. The summed E-state index contributed by atoms with van der Waals surface area (Å²) in [7, 11) is 0. The molecule has 0 radical (unpaired) electrons. The number of anilines is 2. The first-order chi connectivity index (χ1) is 18.1. The molecular formula is C25H29F2N7O3. The number of nitrogens with zero attached hydrogens (tertiary/aromatic N) is 6. The van der Waals surface area contributed by atoms with Gasteiger partial charge in [-0.2, -0.15) is 9.97 Å². The van der Waals surface area contributed by atoms with Gasteiger partial charge in [0.2, 0.25) is 11.9 Å². The maximum Gasteiger partial charge on any atom is 0.296 e. The molecule has 196 valence electrons. The third kappa shape index (κ3) is 4.82. The molecule has 37 heavy (non-hydrogen) atoms. The summed E-state index contributed by atoms with van der Waals surface area (Å²) < 4.78 is 40.4. The summed E-state index contributed by atoms with van der Waals surface area (Å²) in [5.41, 5.74) is 1.02. The molecule has 3 aliphatic rings. The number of carbonyl (C=O) groups excluding carboxylic acids is 1. The third-order valence-electron chi connectivity index (χ3n) is 7.14. The molecule has 1 unspecified atom stereocenters. The highest BCUT2D eigenvalue weighted by molar-refractivity contribution is 5.80. The molecule has 0 spiro atoms. The van der Waals surface area contributed by atoms with Crippen molar-refractivity contribution in [3.05, 3.63) is 36.2 Å². The molecule has 3 aliphatic heterocycles. The predicted octanol–water partition coefficient (Wildman–Crippen LogP) is 2.64. The number of amides is 1. The number of alkyl halides is 2. The van der Waals surface area contributed by atoms with Crippen molar-refractivity contribution in [2.24, 2.45) is 5.92 Å². The average molecular weight is 514 g/mol. The molecule has 2 atom stereocenters. The number of para-hydroxylation sites is 2. The monoisotopic (exact) mass is 513 g/mol. The average Bonchev–Trinajstić information content (AvgIpc) is 3.69. The van der Waals surface area contributed by atoms with E-state index in [4.69, 9.17) is 19.4 Å². The summed E-state index contributed by atoms with van der Waals surface area (Å²) in [6, 6.07) is 8.69. The van der Waals surface area contributed by atoms with E-state index in [-0.39, 0.29) is 23.7 Å². The van der Waals surface area contributed by atoms with E-state index >= 15 is 0 Å². The van der Waals surface area contributed by atoms with Gasteiger partial charge in [-0.15, -0.1) is 0 Å². The number of ether oxygens (including phenoxy) is 2. The second kappa shape index (κ2) is 10.2. The Hall–Kier alpha value is -3.38. The number of likely N-dealkylation sites (tertiary alicyclic amines) is 1. The van der Waals surface area contributed by atoms with E-state index in [0.717, 1.165) is 12.8 Å². The van der Waals surface area contributed by atoms with Crippen LogP contribution in [0.5, 0.6) is 0 Å². The number of hydrogen-bond acceptors (Lipinski definition) is 8. The number of imidazole rings is 1. The van der Waals surface area contributed by atoms with Gasteiger partial charge in [0, 0.05) is 44.9 Å². The molecule has 3 aromatic rings. The van der Waals surface area contributed by atoms with Crippen molar-refractivity contribution in [1.29, 1.82) is 0 Å². The summed E-state index contributed by atoms with van der Waals surface area (Å²) in [6.45, 7) is 4.60. The lowest BCUT2D eigenvalue weighted by molar-refractivity contribution is -0.134. The van der Waals surface area contributed by atoms with Gasteiger partial charge < -0.3 is 24.6 Å². The van der Waals surface area contributed by atoms with Gasteiger partial charge in [0.25, 0.3) is 6.43 Å². The lowest BCUT2D eigenvalue weighted by Crippen LogP contribution is -2.38. The molecule has 12 heteroatoms. The summed E-state index contributed by atoms with van der Waals surface area (Å²) in [5.74, 6) is 0.973. The smallest absolute Gasteiger partial charge is 0.296 e. The molecule has 0 bridgehead atoms. The third-order valence-corrected chi connectivity index (χ3v) is 7.14. The molecule has 0 aliphatic carbocycles. The quantitative estimate of drug-likeness (QED) is 0.538. The van der Waals surface area contributed by atoms with Gasteiger partial charge in [-0.25, -0.2) is 13.8 Å². The maximum absolute atomic E-state index is 14.1. The Bertz CT molecular complexity index is 1270. The summed E-state index contributed by atoms with van der Waals surface area (Å²) >= 11 is 0. The van der Waals surface area contributed by atoms with E-state index in [1.807, 2.05) is 9.80 Å². The van der Waals surface area contributed by atoms with E-state index in [1.165, 1.54) is 4.57 Å². The Balaban J connectivity index is 1.33. The topological polar surface area (TPSA) is 97.6 Å². The zero-order valence-electron chi connectivity index (χ0n) is 20.4. The van der Waals surface area contributed by atoms with Crippen molar-refractivity contribution >= 4 is 28.7 Å². The Morgan fingerprint density at radius 2 is 1.86 bits per heavy atom. The first kappa shape index (κ1) is 24.0. The van der Waals surface area contributed by atoms with E-state index in [0.29, 0.717) is 81.2 Å². The minimum atomic E-state index is -2.78. The van der Waals surface area contributed by atoms with Crippen LogP contribution in [0.4, 0.5) is 20.5 Å². The summed E-state index contributed by atoms with van der Waals surface area (Å²) in [5, 5.41) is 3.44. The second-order valence-corrected chi connectivity index (χ2v) is 9.58. The van der Waals surface area contributed by atoms with Crippen LogP contribution in [0.15, 0.2) is 30.3 Å². The minimum absolute atomic E-state index is 0.0133. The Labute approximate surface area is 212 Å². The number of aromatic nitrogens is 4. The van der Waals surface area contributed by atoms with Crippen molar-refractivity contribution in [2.75, 3.05) is 62.8 Å². The zero-order valence-corrected chi connectivity index (χ0v) is 20.4. The number of morpholine rings is 1. The lowest BCUT2D eigenvalue weighted by atomic mass is 10.1. The SMILES string of the molecule is O=C(C1CCOC1)N1CC[C@H](Nc2cc(-n3c(C(F)F)nc4ccccc43)nc(N3CCOCC3)n2)C1. The van der Waals surface area contributed by atoms with Crippen LogP contribution in [0.1, 0.15) is 25.1 Å². The molecule has 6 rings (SSSR count). The van der Waals surface area contributed by atoms with E-state index in [9.17, 15) is 13.6 Å². The maximum atomic E-state index is 14.1. The van der Waals surface area contributed by atoms with Crippen LogP contribution in [0, 0.1) is 5.92 Å². The van der Waals surface area contributed by atoms with Gasteiger partial charge in [0.05, 0.1) is 36.8 Å². The van der Waals surface area contributed by atoms with E-state index < -0.39 is 6.43 Å². The first-order valence-corrected chi connectivity index (χ1v) is 12.7. The zero-order chi connectivity index (χ0) is 25.4. The number of carbonyl (C=O) groups is 1. The number of benzene rings is 1. The Morgan fingerprint density at radius 3 is 2.65 bits per heavy atom. The molecule has 1 aromatic carbocycles. The number of nitrogens with one attached hydrogen (secondary N) is 1. The normalized spacial score (nSPS) is 22.4. The highest BCUT2D eigenvalue weighted by Gasteiger charge is 2.33. The molecule has 3 fully saturated rings. The largest absolute Gasteiger partial charge is 0.381 e. The molecule has 3 saturated heterocycles. The molecule has 5 heterocycles. The molecule has 1 amide bonds. The van der Waals surface area contributed by atoms with Gasteiger partial charge in [-0.3, -0.25) is 9.36 Å². The van der Waals surface area contributed by atoms with Gasteiger partial charge in [-0.1, -0.05) is 12.1 Å². The van der Waals surface area contributed by atoms with Crippen LogP contribution in [-0.4, -0.2) is 89.0 Å². The van der Waals surface area contributed by atoms with Crippen LogP contribution in [0.3, 0.4) is 0 Å². The van der Waals surface area contributed by atoms with Crippen molar-refractivity contribution in [3.8, 4) is 5.82 Å². The molecule has 2 aromatic heterocycles. The van der Waals surface area contributed by atoms with Crippen molar-refractivity contribution in [1.82, 2.24) is 24.4 Å². The predicted molar refractivity (Wildman–Crippen MR) is 132 cm³/mol. The fourth-order valence-electron chi connectivity index (χ4n) is 5.22. The van der Waals surface area contributed by atoms with E-state index in [2.05, 4.69) is 10.3 Å². The summed E-state index contributed by atoms with van der Waals surface area (Å²) in [4.78, 5) is 30.3. The highest BCUT2D eigenvalue weighted by atomic mass is 19.3. The number of halogens is 2. The highest BCUT2D eigenvalue weighted by Crippen LogP contribution is 2.30. The van der Waals surface area contributed by atoms with Crippen molar-refractivity contribution < 1.29 is 23.0 Å². The number of hydrogen-bond donors (Lipinski definition) is 1. The van der Waals surface area contributed by atoms with Gasteiger partial charge in [0.15, 0.2) is 5.82 Å². The Morgan fingerprint density at radius 1 is 1.03 bits per heavy atom. The van der Waals surface area contributed by atoms with Crippen molar-refractivity contribution in [2.45, 2.75) is 25.3 Å². The van der Waals surface area contributed by atoms with E-state index in [1.54, 1.807) is 30.3 Å². The van der Waals surface area contributed by atoms with Gasteiger partial charge in [-0.05, 0) is 25.0 Å².